The van der Waals surface area contributed by atoms with Crippen molar-refractivity contribution in [2.45, 2.75) is 0 Å². The minimum absolute atomic E-state index is 0.268. The van der Waals surface area contributed by atoms with E-state index in [1.807, 2.05) is 97.1 Å². The maximum absolute atomic E-state index is 9.91. The van der Waals surface area contributed by atoms with E-state index in [9.17, 15) is 10.0 Å². The first-order chi connectivity index (χ1) is 21.1. The second-order valence-corrected chi connectivity index (χ2v) is 10.7. The van der Waals surface area contributed by atoms with Crippen LogP contribution in [0.15, 0.2) is 133 Å². The zero-order valence-corrected chi connectivity index (χ0v) is 22.6. The molecule has 0 saturated carbocycles. The molecule has 0 saturated heterocycles. The Hall–Kier alpha value is -5.50. The van der Waals surface area contributed by atoms with Crippen LogP contribution in [0.3, 0.4) is 0 Å². The molecular formula is C36H21BO6. The van der Waals surface area contributed by atoms with Crippen molar-refractivity contribution in [1.82, 2.24) is 0 Å². The molecule has 2 N–H and O–H groups in total. The van der Waals surface area contributed by atoms with Gasteiger partial charge in [0.1, 0.15) is 44.7 Å². The third-order valence-electron chi connectivity index (χ3n) is 8.18. The van der Waals surface area contributed by atoms with Gasteiger partial charge >= 0.3 is 7.12 Å². The smallest absolute Gasteiger partial charge is 0.456 e. The highest BCUT2D eigenvalue weighted by Gasteiger charge is 2.26. The molecular weight excluding hydrogens is 539 g/mol. The molecule has 0 atom stereocenters. The normalized spacial score (nSPS) is 12.0. The van der Waals surface area contributed by atoms with Gasteiger partial charge in [0.15, 0.2) is 0 Å². The quantitative estimate of drug-likeness (QED) is 0.195. The number of fused-ring (bicyclic) bond motifs is 12. The molecule has 0 unspecified atom stereocenters. The lowest BCUT2D eigenvalue weighted by Crippen LogP contribution is -2.30. The van der Waals surface area contributed by atoms with E-state index in [1.165, 1.54) is 0 Å². The van der Waals surface area contributed by atoms with Crippen LogP contribution < -0.4 is 5.46 Å². The lowest BCUT2D eigenvalue weighted by molar-refractivity contribution is 0.425. The summed E-state index contributed by atoms with van der Waals surface area (Å²) in [5.74, 6) is 0. The van der Waals surface area contributed by atoms with Gasteiger partial charge in [0.25, 0.3) is 0 Å². The summed E-state index contributed by atoms with van der Waals surface area (Å²) < 4.78 is 23.5. The van der Waals surface area contributed by atoms with Gasteiger partial charge < -0.3 is 27.7 Å². The summed E-state index contributed by atoms with van der Waals surface area (Å²) in [5.41, 5.74) is 6.17. The predicted octanol–water partition coefficient (Wildman–Crippen LogP) is 8.65. The van der Waals surface area contributed by atoms with Crippen LogP contribution in [0.25, 0.3) is 87.8 Å². The SMILES string of the molecule is OB(O)c1c2oc3ccccc3c2cc2c1oc1ccccc12.c1ccc2c(c1)oc1cc3oc4ccccc4c3cc12. The van der Waals surface area contributed by atoms with Crippen molar-refractivity contribution in [3.63, 3.8) is 0 Å². The highest BCUT2D eigenvalue weighted by molar-refractivity contribution is 6.65. The Bertz CT molecular complexity index is 2490. The fourth-order valence-corrected chi connectivity index (χ4v) is 6.24. The van der Waals surface area contributed by atoms with Crippen LogP contribution in [-0.4, -0.2) is 17.2 Å². The number of para-hydroxylation sites is 4. The zero-order valence-electron chi connectivity index (χ0n) is 22.6. The minimum atomic E-state index is -1.68. The fraction of sp³-hybridized carbons (Fsp3) is 0. The van der Waals surface area contributed by atoms with Gasteiger partial charge in [0.2, 0.25) is 0 Å². The molecule has 4 heterocycles. The summed E-state index contributed by atoms with van der Waals surface area (Å²) in [5, 5.41) is 28.0. The van der Waals surface area contributed by atoms with Gasteiger partial charge in [-0.15, -0.1) is 0 Å². The summed E-state index contributed by atoms with van der Waals surface area (Å²) in [6.45, 7) is 0. The molecule has 0 fully saturated rings. The first-order valence-electron chi connectivity index (χ1n) is 14.0. The number of hydrogen-bond donors (Lipinski definition) is 2. The van der Waals surface area contributed by atoms with Crippen LogP contribution in [0, 0.1) is 0 Å². The Morgan fingerprint density at radius 3 is 1.12 bits per heavy atom. The van der Waals surface area contributed by atoms with Crippen LogP contribution >= 0.6 is 0 Å². The first kappa shape index (κ1) is 24.1. The van der Waals surface area contributed by atoms with Crippen molar-refractivity contribution >= 4 is 100 Å². The van der Waals surface area contributed by atoms with Gasteiger partial charge in [0.05, 0.1) is 5.46 Å². The summed E-state index contributed by atoms with van der Waals surface area (Å²) in [7, 11) is -1.68. The number of rotatable bonds is 1. The van der Waals surface area contributed by atoms with E-state index in [2.05, 4.69) is 18.2 Å². The van der Waals surface area contributed by atoms with Crippen molar-refractivity contribution in [3.8, 4) is 0 Å². The Morgan fingerprint density at radius 2 is 0.698 bits per heavy atom. The highest BCUT2D eigenvalue weighted by Crippen LogP contribution is 2.37. The van der Waals surface area contributed by atoms with Crippen LogP contribution in [0.4, 0.5) is 0 Å². The third kappa shape index (κ3) is 3.56. The standard InChI is InChI=1S/C18H11BO4.C18H10O2/c20-19(21)16-17-12(10-5-1-3-7-14(10)22-17)9-13-11-6-2-4-8-15(11)23-18(13)16;1-3-7-15-11(5-1)13-9-14-12-6-2-4-8-16(12)20-18(14)10-17(13)19-15/h1-9,20-21H;1-10H. The summed E-state index contributed by atoms with van der Waals surface area (Å²) in [4.78, 5) is 0. The third-order valence-corrected chi connectivity index (χ3v) is 8.18. The lowest BCUT2D eigenvalue weighted by Gasteiger charge is -2.02. The van der Waals surface area contributed by atoms with E-state index in [1.54, 1.807) is 0 Å². The molecule has 0 aliphatic heterocycles. The molecule has 0 bridgehead atoms. The predicted molar refractivity (Wildman–Crippen MR) is 172 cm³/mol. The Balaban J connectivity index is 0.000000122. The van der Waals surface area contributed by atoms with E-state index >= 15 is 0 Å². The Kier molecular flexibility index (Phi) is 5.05. The van der Waals surface area contributed by atoms with Crippen molar-refractivity contribution in [3.05, 3.63) is 115 Å². The lowest BCUT2D eigenvalue weighted by atomic mass is 9.78. The molecule has 204 valence electrons. The average molecular weight is 560 g/mol. The van der Waals surface area contributed by atoms with Crippen molar-refractivity contribution in [1.29, 1.82) is 0 Å². The molecule has 6 nitrogen and oxygen atoms in total. The average Bonchev–Trinajstić information content (AvgIpc) is 3.78. The van der Waals surface area contributed by atoms with Gasteiger partial charge in [-0.05, 0) is 36.4 Å². The second kappa shape index (κ2) is 9.00. The molecule has 6 aromatic carbocycles. The van der Waals surface area contributed by atoms with Crippen LogP contribution in [-0.2, 0) is 0 Å². The zero-order chi connectivity index (χ0) is 28.7. The van der Waals surface area contributed by atoms with E-state index in [0.717, 1.165) is 65.4 Å². The second-order valence-electron chi connectivity index (χ2n) is 10.7. The molecule has 7 heteroatoms. The molecule has 0 aliphatic rings. The molecule has 0 amide bonds. The fourth-order valence-electron chi connectivity index (χ4n) is 6.24. The molecule has 0 aliphatic carbocycles. The molecule has 10 aromatic rings. The maximum atomic E-state index is 9.91. The number of benzene rings is 6. The molecule has 0 spiro atoms. The number of hydrogen-bond acceptors (Lipinski definition) is 6. The van der Waals surface area contributed by atoms with Crippen LogP contribution in [0.1, 0.15) is 0 Å². The largest absolute Gasteiger partial charge is 0.496 e. The topological polar surface area (TPSA) is 93.0 Å². The van der Waals surface area contributed by atoms with Crippen molar-refractivity contribution in [2.75, 3.05) is 0 Å². The van der Waals surface area contributed by atoms with E-state index in [4.69, 9.17) is 17.7 Å². The van der Waals surface area contributed by atoms with E-state index < -0.39 is 7.12 Å². The molecule has 4 aromatic heterocycles. The van der Waals surface area contributed by atoms with Gasteiger partial charge in [-0.25, -0.2) is 0 Å². The maximum Gasteiger partial charge on any atom is 0.496 e. The Morgan fingerprint density at radius 1 is 0.349 bits per heavy atom. The van der Waals surface area contributed by atoms with E-state index in [0.29, 0.717) is 22.3 Å². The van der Waals surface area contributed by atoms with E-state index in [-0.39, 0.29) is 5.46 Å². The van der Waals surface area contributed by atoms with Crippen LogP contribution in [0.5, 0.6) is 0 Å². The highest BCUT2D eigenvalue weighted by atomic mass is 16.4. The first-order valence-corrected chi connectivity index (χ1v) is 14.0. The molecule has 10 rings (SSSR count). The van der Waals surface area contributed by atoms with Crippen molar-refractivity contribution in [2.24, 2.45) is 0 Å². The van der Waals surface area contributed by atoms with Gasteiger partial charge in [-0.1, -0.05) is 72.8 Å². The number of furan rings is 4. The van der Waals surface area contributed by atoms with Gasteiger partial charge in [0, 0.05) is 49.2 Å². The van der Waals surface area contributed by atoms with Crippen LogP contribution in [0.2, 0.25) is 0 Å². The Labute approximate surface area is 243 Å². The molecule has 0 radical (unpaired) electrons. The minimum Gasteiger partial charge on any atom is -0.456 e. The van der Waals surface area contributed by atoms with Gasteiger partial charge in [-0.2, -0.15) is 0 Å². The summed E-state index contributed by atoms with van der Waals surface area (Å²) in [6.07, 6.45) is 0. The monoisotopic (exact) mass is 560 g/mol. The summed E-state index contributed by atoms with van der Waals surface area (Å²) in [6, 6.07) is 37.7. The molecule has 43 heavy (non-hydrogen) atoms. The summed E-state index contributed by atoms with van der Waals surface area (Å²) >= 11 is 0. The van der Waals surface area contributed by atoms with Gasteiger partial charge in [-0.3, -0.25) is 0 Å². The van der Waals surface area contributed by atoms with Crippen molar-refractivity contribution < 1.29 is 27.7 Å².